The van der Waals surface area contributed by atoms with E-state index in [1.807, 2.05) is 6.92 Å². The number of hydrogen-bond donors (Lipinski definition) is 2. The summed E-state index contributed by atoms with van der Waals surface area (Å²) < 4.78 is 26.1. The smallest absolute Gasteiger partial charge is 0.123 e. The Labute approximate surface area is 110 Å². The zero-order valence-electron chi connectivity index (χ0n) is 10.5. The van der Waals surface area contributed by atoms with Crippen molar-refractivity contribution in [1.29, 1.82) is 0 Å². The summed E-state index contributed by atoms with van der Waals surface area (Å²) in [5.74, 6) is -0.645. The lowest BCUT2D eigenvalue weighted by Crippen LogP contribution is -2.18. The largest absolute Gasteiger partial charge is 0.508 e. The molecule has 0 fully saturated rings. The predicted molar refractivity (Wildman–Crippen MR) is 69.7 cm³/mol. The van der Waals surface area contributed by atoms with Gasteiger partial charge in [-0.25, -0.2) is 8.78 Å². The molecule has 4 heteroatoms. The van der Waals surface area contributed by atoms with Gasteiger partial charge in [-0.05, 0) is 42.8 Å². The van der Waals surface area contributed by atoms with Crippen LogP contribution in [-0.4, -0.2) is 5.11 Å². The maximum atomic E-state index is 13.1. The van der Waals surface area contributed by atoms with E-state index in [1.54, 1.807) is 12.1 Å². The van der Waals surface area contributed by atoms with Gasteiger partial charge in [0, 0.05) is 18.2 Å². The minimum absolute atomic E-state index is 0.0423. The lowest BCUT2D eigenvalue weighted by Gasteiger charge is -2.15. The van der Waals surface area contributed by atoms with Gasteiger partial charge in [-0.1, -0.05) is 12.1 Å². The third-order valence-corrected chi connectivity index (χ3v) is 2.96. The molecule has 0 aliphatic heterocycles. The third-order valence-electron chi connectivity index (χ3n) is 2.96. The molecule has 0 aliphatic rings. The van der Waals surface area contributed by atoms with Crippen LogP contribution < -0.4 is 5.32 Å². The monoisotopic (exact) mass is 263 g/mol. The molecule has 2 rings (SSSR count). The zero-order valence-corrected chi connectivity index (χ0v) is 10.5. The molecule has 0 spiro atoms. The minimum atomic E-state index is -0.396. The minimum Gasteiger partial charge on any atom is -0.508 e. The van der Waals surface area contributed by atoms with Gasteiger partial charge in [0.2, 0.25) is 0 Å². The van der Waals surface area contributed by atoms with Crippen molar-refractivity contribution >= 4 is 0 Å². The van der Waals surface area contributed by atoms with Crippen LogP contribution in [0.3, 0.4) is 0 Å². The Balaban J connectivity index is 2.05. The van der Waals surface area contributed by atoms with Gasteiger partial charge >= 0.3 is 0 Å². The number of phenols is 1. The molecule has 2 aromatic rings. The quantitative estimate of drug-likeness (QED) is 0.884. The van der Waals surface area contributed by atoms with Crippen molar-refractivity contribution in [3.8, 4) is 5.75 Å². The Bertz CT molecular complexity index is 572. The average molecular weight is 263 g/mol. The summed E-state index contributed by atoms with van der Waals surface area (Å²) in [6.07, 6.45) is 0. The number of benzene rings is 2. The molecular weight excluding hydrogens is 248 g/mol. The molecule has 0 heterocycles. The summed E-state index contributed by atoms with van der Waals surface area (Å²) in [6.45, 7) is 2.25. The second-order valence-electron chi connectivity index (χ2n) is 4.44. The third kappa shape index (κ3) is 3.51. The Morgan fingerprint density at radius 3 is 2.58 bits per heavy atom. The van der Waals surface area contributed by atoms with Crippen molar-refractivity contribution in [2.24, 2.45) is 0 Å². The summed E-state index contributed by atoms with van der Waals surface area (Å²) in [6, 6.07) is 9.84. The first-order valence-electron chi connectivity index (χ1n) is 6.02. The second kappa shape index (κ2) is 5.80. The van der Waals surface area contributed by atoms with Gasteiger partial charge in [-0.2, -0.15) is 0 Å². The first kappa shape index (κ1) is 13.5. The van der Waals surface area contributed by atoms with Gasteiger partial charge in [0.15, 0.2) is 0 Å². The van der Waals surface area contributed by atoms with Crippen LogP contribution in [0.1, 0.15) is 24.1 Å². The number of halogens is 2. The summed E-state index contributed by atoms with van der Waals surface area (Å²) in [5.41, 5.74) is 1.28. The molecule has 1 unspecified atom stereocenters. The first-order valence-corrected chi connectivity index (χ1v) is 6.02. The van der Waals surface area contributed by atoms with E-state index in [0.29, 0.717) is 12.1 Å². The fourth-order valence-electron chi connectivity index (χ4n) is 1.90. The highest BCUT2D eigenvalue weighted by Gasteiger charge is 2.11. The van der Waals surface area contributed by atoms with Crippen LogP contribution in [0.25, 0.3) is 0 Å². The van der Waals surface area contributed by atoms with E-state index in [9.17, 15) is 13.9 Å². The SMILES string of the molecule is CC(NCc1cccc(F)c1)c1cc(F)ccc1O. The van der Waals surface area contributed by atoms with Gasteiger partial charge in [-0.15, -0.1) is 0 Å². The zero-order chi connectivity index (χ0) is 13.8. The van der Waals surface area contributed by atoms with E-state index in [2.05, 4.69) is 5.32 Å². The molecule has 0 aliphatic carbocycles. The fraction of sp³-hybridized carbons (Fsp3) is 0.200. The van der Waals surface area contributed by atoms with Gasteiger partial charge in [0.05, 0.1) is 0 Å². The van der Waals surface area contributed by atoms with E-state index in [0.717, 1.165) is 5.56 Å². The molecule has 100 valence electrons. The Hall–Kier alpha value is -1.94. The molecule has 2 nitrogen and oxygen atoms in total. The second-order valence-corrected chi connectivity index (χ2v) is 4.44. The summed E-state index contributed by atoms with van der Waals surface area (Å²) in [7, 11) is 0. The topological polar surface area (TPSA) is 32.3 Å². The number of rotatable bonds is 4. The van der Waals surface area contributed by atoms with Gasteiger partial charge < -0.3 is 10.4 Å². The molecule has 2 N–H and O–H groups in total. The number of aromatic hydroxyl groups is 1. The van der Waals surface area contributed by atoms with E-state index in [-0.39, 0.29) is 17.6 Å². The molecule has 0 aromatic heterocycles. The van der Waals surface area contributed by atoms with E-state index in [1.165, 1.54) is 30.3 Å². The van der Waals surface area contributed by atoms with Crippen LogP contribution in [-0.2, 0) is 6.54 Å². The molecule has 0 saturated heterocycles. The summed E-state index contributed by atoms with van der Waals surface area (Å²) in [5, 5.41) is 12.8. The van der Waals surface area contributed by atoms with Crippen molar-refractivity contribution in [3.05, 3.63) is 65.2 Å². The van der Waals surface area contributed by atoms with Crippen LogP contribution in [0, 0.1) is 11.6 Å². The van der Waals surface area contributed by atoms with Crippen molar-refractivity contribution in [3.63, 3.8) is 0 Å². The standard InChI is InChI=1S/C15H15F2NO/c1-10(14-8-13(17)5-6-15(14)19)18-9-11-3-2-4-12(16)7-11/h2-8,10,18-19H,9H2,1H3. The Kier molecular flexibility index (Phi) is 4.12. The maximum Gasteiger partial charge on any atom is 0.123 e. The highest BCUT2D eigenvalue weighted by atomic mass is 19.1. The summed E-state index contributed by atoms with van der Waals surface area (Å²) in [4.78, 5) is 0. The van der Waals surface area contributed by atoms with Crippen molar-refractivity contribution in [2.75, 3.05) is 0 Å². The van der Waals surface area contributed by atoms with Crippen LogP contribution in [0.15, 0.2) is 42.5 Å². The molecule has 1 atom stereocenters. The maximum absolute atomic E-state index is 13.1. The van der Waals surface area contributed by atoms with Crippen LogP contribution in [0.5, 0.6) is 5.75 Å². The lowest BCUT2D eigenvalue weighted by atomic mass is 10.1. The highest BCUT2D eigenvalue weighted by molar-refractivity contribution is 5.35. The molecule has 0 amide bonds. The average Bonchev–Trinajstić information content (AvgIpc) is 2.39. The van der Waals surface area contributed by atoms with E-state index < -0.39 is 5.82 Å². The number of phenolic OH excluding ortho intramolecular Hbond substituents is 1. The molecule has 2 aromatic carbocycles. The van der Waals surface area contributed by atoms with Gasteiger partial charge in [0.25, 0.3) is 0 Å². The molecule has 0 bridgehead atoms. The normalized spacial score (nSPS) is 12.4. The van der Waals surface area contributed by atoms with Crippen molar-refractivity contribution in [1.82, 2.24) is 5.32 Å². The van der Waals surface area contributed by atoms with Crippen LogP contribution in [0.2, 0.25) is 0 Å². The molecular formula is C15H15F2NO. The van der Waals surface area contributed by atoms with E-state index in [4.69, 9.17) is 0 Å². The van der Waals surface area contributed by atoms with Crippen LogP contribution >= 0.6 is 0 Å². The van der Waals surface area contributed by atoms with Crippen LogP contribution in [0.4, 0.5) is 8.78 Å². The highest BCUT2D eigenvalue weighted by Crippen LogP contribution is 2.24. The predicted octanol–water partition coefficient (Wildman–Crippen LogP) is 3.52. The molecule has 19 heavy (non-hydrogen) atoms. The molecule has 0 saturated carbocycles. The Morgan fingerprint density at radius 2 is 1.84 bits per heavy atom. The van der Waals surface area contributed by atoms with Crippen molar-refractivity contribution in [2.45, 2.75) is 19.5 Å². The fourth-order valence-corrected chi connectivity index (χ4v) is 1.90. The summed E-state index contributed by atoms with van der Waals surface area (Å²) >= 11 is 0. The Morgan fingerprint density at radius 1 is 1.11 bits per heavy atom. The lowest BCUT2D eigenvalue weighted by molar-refractivity contribution is 0.449. The van der Waals surface area contributed by atoms with E-state index >= 15 is 0 Å². The van der Waals surface area contributed by atoms with Gasteiger partial charge in [0.1, 0.15) is 17.4 Å². The van der Waals surface area contributed by atoms with Crippen molar-refractivity contribution < 1.29 is 13.9 Å². The number of hydrogen-bond acceptors (Lipinski definition) is 2. The first-order chi connectivity index (χ1) is 9.06. The molecule has 0 radical (unpaired) electrons. The number of nitrogens with one attached hydrogen (secondary N) is 1. The van der Waals surface area contributed by atoms with Gasteiger partial charge in [-0.3, -0.25) is 0 Å².